The number of hydrogen-bond donors (Lipinski definition) is 0. The maximum Gasteiger partial charge on any atom is 6.00 e. The van der Waals surface area contributed by atoms with Crippen molar-refractivity contribution in [2.75, 3.05) is 0 Å². The molecule has 0 saturated heterocycles. The average molecular weight is 371 g/mol. The second-order valence-electron chi connectivity index (χ2n) is 0. The first-order valence-electron chi connectivity index (χ1n) is 0. The Morgan fingerprint density at radius 2 is 0.571 bits per heavy atom. The molecule has 0 aromatic heterocycles. The van der Waals surface area contributed by atoms with Crippen molar-refractivity contribution in [3.63, 3.8) is 0 Å². The van der Waals surface area contributed by atoms with Crippen LogP contribution in [0.4, 0.5) is 0 Å². The van der Waals surface area contributed by atoms with Crippen molar-refractivity contribution in [1.29, 1.82) is 0 Å². The quantitative estimate of drug-likeness (QED) is 0.559. The van der Waals surface area contributed by atoms with Crippen LogP contribution in [0, 0.1) is 0 Å². The van der Waals surface area contributed by atoms with Gasteiger partial charge in [0.1, 0.15) is 0 Å². The van der Waals surface area contributed by atoms with Crippen LogP contribution in [-0.2, 0) is 37.6 Å². The SMILES string of the molecule is [Ge+4].[N-3].[N-3].[N-3].[N-3].[Ni+2].[W+6]. The van der Waals surface area contributed by atoms with E-state index < -0.39 is 0 Å². The van der Waals surface area contributed by atoms with Gasteiger partial charge in [0.15, 0.2) is 0 Å². The Hall–Kier alpha value is 1.56. The van der Waals surface area contributed by atoms with E-state index in [1.165, 1.54) is 0 Å². The van der Waals surface area contributed by atoms with Crippen LogP contribution in [0.25, 0.3) is 24.6 Å². The molecule has 0 N–H and O–H groups in total. The normalized spacial score (nSPS) is 0. The Morgan fingerprint density at radius 3 is 0.571 bits per heavy atom. The minimum Gasteiger partial charge on any atom is -3.00 e. The second kappa shape index (κ2) is 133. The van der Waals surface area contributed by atoms with Crippen LogP contribution in [0.2, 0.25) is 0 Å². The van der Waals surface area contributed by atoms with Gasteiger partial charge in [0, 0.05) is 0 Å². The molecule has 0 aromatic rings. The van der Waals surface area contributed by atoms with Crippen molar-refractivity contribution < 1.29 is 37.6 Å². The van der Waals surface area contributed by atoms with E-state index in [9.17, 15) is 0 Å². The van der Waals surface area contributed by atoms with Gasteiger partial charge in [-0.2, -0.15) is 0 Å². The van der Waals surface area contributed by atoms with E-state index in [0.29, 0.717) is 0 Å². The zero-order valence-electron chi connectivity index (χ0n) is 3.01. The Bertz CT molecular complexity index is 11.7. The van der Waals surface area contributed by atoms with E-state index in [2.05, 4.69) is 0 Å². The van der Waals surface area contributed by atoms with E-state index in [1.54, 1.807) is 0 Å². The molecule has 0 aliphatic rings. The second-order valence-corrected chi connectivity index (χ2v) is 0. The van der Waals surface area contributed by atoms with Crippen molar-refractivity contribution in [3.05, 3.63) is 24.6 Å². The predicted octanol–water partition coefficient (Wildman–Crippen LogP) is 0.769. The molecular formula is GeN4NiW. The van der Waals surface area contributed by atoms with Crippen molar-refractivity contribution in [2.24, 2.45) is 0 Å². The molecule has 0 atom stereocenters. The van der Waals surface area contributed by atoms with Crippen LogP contribution >= 0.6 is 0 Å². The molecule has 0 heterocycles. The third kappa shape index (κ3) is 95.7. The summed E-state index contributed by atoms with van der Waals surface area (Å²) >= 11 is 0. The Labute approximate surface area is 79.4 Å². The van der Waals surface area contributed by atoms with Crippen LogP contribution < -0.4 is 0 Å². The maximum atomic E-state index is 0. The standard InChI is InChI=1S/Ge.4N.Ni.W/q+4;4*-3;+2;+6. The Balaban J connectivity index is 0. The van der Waals surface area contributed by atoms with Gasteiger partial charge in [-0.15, -0.1) is 0 Å². The van der Waals surface area contributed by atoms with Crippen LogP contribution in [-0.4, -0.2) is 17.6 Å². The summed E-state index contributed by atoms with van der Waals surface area (Å²) < 4.78 is 0. The minimum atomic E-state index is 0. The average Bonchev–Trinajstić information content (AvgIpc) is 0. The van der Waals surface area contributed by atoms with Gasteiger partial charge in [-0.05, 0) is 0 Å². The van der Waals surface area contributed by atoms with Crippen LogP contribution in [0.3, 0.4) is 0 Å². The first kappa shape index (κ1) is 200. The van der Waals surface area contributed by atoms with Crippen molar-refractivity contribution in [1.82, 2.24) is 0 Å². The molecule has 40 valence electrons. The third-order valence-corrected chi connectivity index (χ3v) is 0. The Morgan fingerprint density at radius 1 is 0.571 bits per heavy atom. The van der Waals surface area contributed by atoms with Gasteiger partial charge in [-0.25, -0.2) is 0 Å². The monoisotopic (exact) mass is 372 g/mol. The summed E-state index contributed by atoms with van der Waals surface area (Å²) in [6.45, 7) is 0. The van der Waals surface area contributed by atoms with E-state index in [4.69, 9.17) is 0 Å². The predicted molar refractivity (Wildman–Crippen MR) is 19.2 cm³/mol. The fourth-order valence-corrected chi connectivity index (χ4v) is 0. The molecule has 0 aromatic carbocycles. The first-order chi connectivity index (χ1) is 0. The largest absolute Gasteiger partial charge is 6.00 e. The molecule has 0 unspecified atom stereocenters. The van der Waals surface area contributed by atoms with Gasteiger partial charge in [0.25, 0.3) is 0 Å². The summed E-state index contributed by atoms with van der Waals surface area (Å²) in [6.07, 6.45) is 0. The van der Waals surface area contributed by atoms with Crippen LogP contribution in [0.5, 0.6) is 0 Å². The zero-order chi connectivity index (χ0) is 0. The zero-order valence-corrected chi connectivity index (χ0v) is 9.03. The molecule has 0 fully saturated rings. The number of rotatable bonds is 0. The molecule has 0 amide bonds. The van der Waals surface area contributed by atoms with E-state index >= 15 is 0 Å². The summed E-state index contributed by atoms with van der Waals surface area (Å²) in [5.41, 5.74) is 0. The van der Waals surface area contributed by atoms with E-state index in [1.807, 2.05) is 0 Å². The van der Waals surface area contributed by atoms with Gasteiger partial charge in [-0.1, -0.05) is 0 Å². The molecule has 0 bridgehead atoms. The van der Waals surface area contributed by atoms with Crippen molar-refractivity contribution >= 4 is 17.6 Å². The molecule has 7 heavy (non-hydrogen) atoms. The van der Waals surface area contributed by atoms with Gasteiger partial charge >= 0.3 is 55.2 Å². The summed E-state index contributed by atoms with van der Waals surface area (Å²) in [5.74, 6) is 0. The molecule has 0 saturated carbocycles. The molecule has 0 aliphatic heterocycles. The summed E-state index contributed by atoms with van der Waals surface area (Å²) in [6, 6.07) is 0. The molecule has 0 radical (unpaired) electrons. The van der Waals surface area contributed by atoms with Crippen LogP contribution in [0.15, 0.2) is 0 Å². The maximum absolute atomic E-state index is 0. The first-order valence-corrected chi connectivity index (χ1v) is 0. The number of nitrogens with zero attached hydrogens (tertiary/aromatic N) is 4. The molecular weight excluding hydrogens is 371 g/mol. The van der Waals surface area contributed by atoms with Gasteiger partial charge in [-0.3, -0.25) is 0 Å². The van der Waals surface area contributed by atoms with Gasteiger partial charge in [0.2, 0.25) is 0 Å². The molecule has 7 heteroatoms. The van der Waals surface area contributed by atoms with Crippen molar-refractivity contribution in [2.45, 2.75) is 0 Å². The van der Waals surface area contributed by atoms with E-state index in [-0.39, 0.29) is 79.8 Å². The van der Waals surface area contributed by atoms with Crippen LogP contribution in [0.1, 0.15) is 0 Å². The molecule has 0 spiro atoms. The van der Waals surface area contributed by atoms with E-state index in [0.717, 1.165) is 0 Å². The van der Waals surface area contributed by atoms with Crippen molar-refractivity contribution in [3.8, 4) is 0 Å². The topological polar surface area (TPSA) is 122 Å². The van der Waals surface area contributed by atoms with Gasteiger partial charge < -0.3 is 24.6 Å². The smallest absolute Gasteiger partial charge is 3.00 e. The fraction of sp³-hybridized carbons (Fsp3) is 0. The Kier molecular flexibility index (Phi) is 3810. The summed E-state index contributed by atoms with van der Waals surface area (Å²) in [4.78, 5) is 0. The van der Waals surface area contributed by atoms with Gasteiger partial charge in [0.05, 0.1) is 0 Å². The molecule has 0 aliphatic carbocycles. The molecule has 4 nitrogen and oxygen atoms in total. The third-order valence-electron chi connectivity index (χ3n) is 0. The summed E-state index contributed by atoms with van der Waals surface area (Å²) in [7, 11) is 0. The minimum absolute atomic E-state index is 0. The summed E-state index contributed by atoms with van der Waals surface area (Å²) in [5, 5.41) is 0. The fourth-order valence-electron chi connectivity index (χ4n) is 0. The molecule has 0 rings (SSSR count). The number of hydrogen-bond acceptors (Lipinski definition) is 0.